The van der Waals surface area contributed by atoms with Crippen LogP contribution in [0.4, 0.5) is 15.8 Å². The summed E-state index contributed by atoms with van der Waals surface area (Å²) in [7, 11) is -0.929. The van der Waals surface area contributed by atoms with Crippen LogP contribution in [0, 0.1) is 5.82 Å². The summed E-state index contributed by atoms with van der Waals surface area (Å²) in [6, 6.07) is 14.1. The summed E-state index contributed by atoms with van der Waals surface area (Å²) in [5, 5.41) is 3.20. The molecule has 3 aromatic carbocycles. The number of nitrogens with zero attached hydrogens (tertiary/aromatic N) is 1. The van der Waals surface area contributed by atoms with E-state index in [4.69, 9.17) is 24.4 Å². The highest BCUT2D eigenvalue weighted by atomic mass is 32.2. The Hall–Kier alpha value is -4.46. The first-order valence-electron chi connectivity index (χ1n) is 14.7. The number of furan rings is 1. The Morgan fingerprint density at radius 1 is 1.04 bits per heavy atom. The number of nitrogens with two attached hydrogens (primary N) is 1. The van der Waals surface area contributed by atoms with Gasteiger partial charge in [0.25, 0.3) is 5.91 Å². The van der Waals surface area contributed by atoms with Crippen molar-refractivity contribution >= 4 is 44.2 Å². The molecule has 1 saturated carbocycles. The fraction of sp³-hybridized carbons (Fsp3) is 0.333. The number of ether oxygens (including phenoxy) is 3. The van der Waals surface area contributed by atoms with Gasteiger partial charge in [0.05, 0.1) is 63.2 Å². The molecule has 1 aliphatic carbocycles. The number of esters is 1. The standard InChI is InChI=1S/C33H36FN3O8S/c1-36-32(38)30-26-17-25(21-5-6-21)28(18-29(26)45-31(30)22-7-9-23(34)10-8-22)37(46(3,40)41)12-13-43-14-15-44-19-20-4-11-24(27(35)16-20)33(39)42-2/h4,7-11,16-18,21H,5-6,12-15,19,35H2,1-3H3,(H,36,38). The van der Waals surface area contributed by atoms with Gasteiger partial charge in [0, 0.05) is 29.8 Å². The lowest BCUT2D eigenvalue weighted by Crippen LogP contribution is -2.34. The number of nitrogens with one attached hydrogen (secondary N) is 1. The van der Waals surface area contributed by atoms with Crippen molar-refractivity contribution in [3.8, 4) is 11.3 Å². The van der Waals surface area contributed by atoms with Gasteiger partial charge >= 0.3 is 5.97 Å². The van der Waals surface area contributed by atoms with Gasteiger partial charge < -0.3 is 29.7 Å². The molecule has 1 aromatic heterocycles. The molecule has 0 aliphatic heterocycles. The van der Waals surface area contributed by atoms with E-state index in [-0.39, 0.29) is 56.1 Å². The van der Waals surface area contributed by atoms with E-state index in [1.807, 2.05) is 6.07 Å². The Labute approximate surface area is 266 Å². The summed E-state index contributed by atoms with van der Waals surface area (Å²) in [4.78, 5) is 24.7. The molecule has 1 fully saturated rings. The summed E-state index contributed by atoms with van der Waals surface area (Å²) in [5.41, 5.74) is 9.69. The van der Waals surface area contributed by atoms with Crippen molar-refractivity contribution in [2.24, 2.45) is 0 Å². The monoisotopic (exact) mass is 653 g/mol. The highest BCUT2D eigenvalue weighted by Gasteiger charge is 2.33. The minimum absolute atomic E-state index is 0.0451. The average molecular weight is 654 g/mol. The molecular weight excluding hydrogens is 617 g/mol. The van der Waals surface area contributed by atoms with Crippen LogP contribution in [0.2, 0.25) is 0 Å². The summed E-state index contributed by atoms with van der Waals surface area (Å²) in [6.45, 7) is 0.857. The molecule has 0 atom stereocenters. The van der Waals surface area contributed by atoms with Crippen LogP contribution in [0.5, 0.6) is 0 Å². The number of benzene rings is 3. The summed E-state index contributed by atoms with van der Waals surface area (Å²) in [6.07, 6.45) is 2.91. The molecule has 244 valence electrons. The number of carbonyl (C=O) groups excluding carboxylic acids is 2. The van der Waals surface area contributed by atoms with Crippen molar-refractivity contribution in [3.05, 3.63) is 82.7 Å². The van der Waals surface area contributed by atoms with Crippen LogP contribution in [0.25, 0.3) is 22.3 Å². The first-order chi connectivity index (χ1) is 22.0. The number of anilines is 2. The van der Waals surface area contributed by atoms with Crippen LogP contribution in [0.1, 0.15) is 50.6 Å². The molecule has 0 spiro atoms. The molecule has 1 amide bonds. The van der Waals surface area contributed by atoms with Crippen LogP contribution in [-0.4, -0.2) is 67.1 Å². The van der Waals surface area contributed by atoms with Gasteiger partial charge in [-0.05, 0) is 72.4 Å². The Bertz CT molecular complexity index is 1850. The predicted octanol–water partition coefficient (Wildman–Crippen LogP) is 4.84. The van der Waals surface area contributed by atoms with Gasteiger partial charge in [-0.15, -0.1) is 0 Å². The van der Waals surface area contributed by atoms with Gasteiger partial charge in [-0.25, -0.2) is 17.6 Å². The van der Waals surface area contributed by atoms with Gasteiger partial charge in [-0.3, -0.25) is 9.10 Å². The molecular formula is C33H36FN3O8S. The van der Waals surface area contributed by atoms with E-state index < -0.39 is 21.8 Å². The lowest BCUT2D eigenvalue weighted by Gasteiger charge is -2.25. The minimum Gasteiger partial charge on any atom is -0.465 e. The third-order valence-corrected chi connectivity index (χ3v) is 8.86. The molecule has 0 saturated heterocycles. The number of sulfonamides is 1. The third kappa shape index (κ3) is 7.33. The van der Waals surface area contributed by atoms with Crippen LogP contribution in [-0.2, 0) is 30.8 Å². The van der Waals surface area contributed by atoms with Gasteiger partial charge in [0.1, 0.15) is 17.2 Å². The molecule has 13 heteroatoms. The smallest absolute Gasteiger partial charge is 0.339 e. The van der Waals surface area contributed by atoms with E-state index in [9.17, 15) is 22.4 Å². The number of fused-ring (bicyclic) bond motifs is 1. The zero-order chi connectivity index (χ0) is 33.0. The summed E-state index contributed by atoms with van der Waals surface area (Å²) in [5.74, 6) is -0.905. The van der Waals surface area contributed by atoms with Crippen LogP contribution < -0.4 is 15.4 Å². The van der Waals surface area contributed by atoms with Crippen LogP contribution in [0.15, 0.2) is 59.0 Å². The number of nitrogen functional groups attached to an aromatic ring is 1. The summed E-state index contributed by atoms with van der Waals surface area (Å²) >= 11 is 0. The quantitative estimate of drug-likeness (QED) is 0.111. The number of rotatable bonds is 14. The highest BCUT2D eigenvalue weighted by molar-refractivity contribution is 7.92. The van der Waals surface area contributed by atoms with Crippen molar-refractivity contribution < 1.29 is 41.0 Å². The Balaban J connectivity index is 1.30. The average Bonchev–Trinajstić information content (AvgIpc) is 3.81. The minimum atomic E-state index is -3.73. The van der Waals surface area contributed by atoms with Crippen molar-refractivity contribution in [2.75, 3.05) is 56.8 Å². The zero-order valence-electron chi connectivity index (χ0n) is 25.8. The first-order valence-corrected chi connectivity index (χ1v) is 16.5. The SMILES string of the molecule is CNC(=O)c1c(-c2ccc(F)cc2)oc2cc(N(CCOCCOCc3ccc(C(=O)OC)c(N)c3)S(C)(=O)=O)c(C3CC3)cc12. The zero-order valence-corrected chi connectivity index (χ0v) is 26.6. The largest absolute Gasteiger partial charge is 0.465 e. The maximum absolute atomic E-state index is 13.6. The maximum Gasteiger partial charge on any atom is 0.339 e. The molecule has 1 heterocycles. The number of hydrogen-bond acceptors (Lipinski definition) is 9. The van der Waals surface area contributed by atoms with E-state index in [0.29, 0.717) is 33.5 Å². The topological polar surface area (TPSA) is 150 Å². The van der Waals surface area contributed by atoms with E-state index in [1.165, 1.54) is 42.7 Å². The van der Waals surface area contributed by atoms with Gasteiger partial charge in [0.2, 0.25) is 10.0 Å². The fourth-order valence-corrected chi connectivity index (χ4v) is 6.18. The van der Waals surface area contributed by atoms with Crippen molar-refractivity contribution in [2.45, 2.75) is 25.4 Å². The molecule has 0 bridgehead atoms. The number of hydrogen-bond donors (Lipinski definition) is 2. The first kappa shape index (κ1) is 32.9. The Morgan fingerprint density at radius 2 is 1.76 bits per heavy atom. The van der Waals surface area contributed by atoms with Crippen LogP contribution in [0.3, 0.4) is 0 Å². The number of amides is 1. The second kappa shape index (κ2) is 13.9. The maximum atomic E-state index is 13.6. The van der Waals surface area contributed by atoms with Crippen molar-refractivity contribution in [3.63, 3.8) is 0 Å². The van der Waals surface area contributed by atoms with Gasteiger partial charge in [0.15, 0.2) is 0 Å². The second-order valence-electron chi connectivity index (χ2n) is 11.0. The third-order valence-electron chi connectivity index (χ3n) is 7.68. The molecule has 1 aliphatic rings. The van der Waals surface area contributed by atoms with E-state index >= 15 is 0 Å². The van der Waals surface area contributed by atoms with Crippen LogP contribution >= 0.6 is 0 Å². The Morgan fingerprint density at radius 3 is 2.39 bits per heavy atom. The van der Waals surface area contributed by atoms with Gasteiger partial charge in [-0.2, -0.15) is 0 Å². The molecule has 3 N–H and O–H groups in total. The van der Waals surface area contributed by atoms with Gasteiger partial charge in [-0.1, -0.05) is 6.07 Å². The molecule has 46 heavy (non-hydrogen) atoms. The van der Waals surface area contributed by atoms with Crippen molar-refractivity contribution in [1.29, 1.82) is 0 Å². The van der Waals surface area contributed by atoms with Crippen molar-refractivity contribution in [1.82, 2.24) is 5.32 Å². The normalized spacial score (nSPS) is 13.1. The molecule has 11 nitrogen and oxygen atoms in total. The lowest BCUT2D eigenvalue weighted by atomic mass is 10.0. The van der Waals surface area contributed by atoms with E-state index in [2.05, 4.69) is 5.32 Å². The lowest BCUT2D eigenvalue weighted by molar-refractivity contribution is 0.0435. The number of halogens is 1. The summed E-state index contributed by atoms with van der Waals surface area (Å²) < 4.78 is 63.3. The highest BCUT2D eigenvalue weighted by Crippen LogP contribution is 2.48. The molecule has 0 radical (unpaired) electrons. The number of carbonyl (C=O) groups is 2. The fourth-order valence-electron chi connectivity index (χ4n) is 5.26. The number of methoxy groups -OCH3 is 1. The molecule has 0 unspecified atom stereocenters. The Kier molecular flexibility index (Phi) is 9.94. The van der Waals surface area contributed by atoms with E-state index in [0.717, 1.165) is 30.2 Å². The van der Waals surface area contributed by atoms with E-state index in [1.54, 1.807) is 24.3 Å². The second-order valence-corrected chi connectivity index (χ2v) is 12.9. The predicted molar refractivity (Wildman–Crippen MR) is 172 cm³/mol. The molecule has 5 rings (SSSR count). The molecule has 4 aromatic rings.